The van der Waals surface area contributed by atoms with Gasteiger partial charge in [-0.15, -0.1) is 0 Å². The van der Waals surface area contributed by atoms with Crippen LogP contribution in [0.25, 0.3) is 0 Å². The fourth-order valence-electron chi connectivity index (χ4n) is 2.67. The van der Waals surface area contributed by atoms with Crippen molar-refractivity contribution < 1.29 is 14.5 Å². The van der Waals surface area contributed by atoms with Crippen molar-refractivity contribution in [3.63, 3.8) is 0 Å². The van der Waals surface area contributed by atoms with Crippen molar-refractivity contribution in [2.24, 2.45) is 5.10 Å². The highest BCUT2D eigenvalue weighted by Gasteiger charge is 2.07. The number of amides is 2. The van der Waals surface area contributed by atoms with Gasteiger partial charge in [-0.3, -0.25) is 10.1 Å². The molecule has 0 spiro atoms. The summed E-state index contributed by atoms with van der Waals surface area (Å²) in [4.78, 5) is 22.4. The van der Waals surface area contributed by atoms with Crippen LogP contribution in [0.5, 0.6) is 5.75 Å². The van der Waals surface area contributed by atoms with Gasteiger partial charge in [-0.25, -0.2) is 10.2 Å². The Hall–Kier alpha value is -3.24. The van der Waals surface area contributed by atoms with Gasteiger partial charge in [0, 0.05) is 32.3 Å². The lowest BCUT2D eigenvalue weighted by molar-refractivity contribution is -0.384. The average Bonchev–Trinajstić information content (AvgIpc) is 2.76. The van der Waals surface area contributed by atoms with Gasteiger partial charge in [-0.1, -0.05) is 31.9 Å². The van der Waals surface area contributed by atoms with Gasteiger partial charge in [0.15, 0.2) is 0 Å². The molecular formula is C22H18Br2N4O4. The average molecular weight is 562 g/mol. The topological polar surface area (TPSA) is 106 Å². The Kier molecular flexibility index (Phi) is 7.96. The van der Waals surface area contributed by atoms with E-state index in [0.29, 0.717) is 17.0 Å². The second-order valence-electron chi connectivity index (χ2n) is 6.68. The van der Waals surface area contributed by atoms with Crippen molar-refractivity contribution in [3.8, 4) is 5.75 Å². The first-order valence-electron chi connectivity index (χ1n) is 9.34. The number of urea groups is 1. The first-order valence-corrected chi connectivity index (χ1v) is 10.9. The van der Waals surface area contributed by atoms with E-state index in [-0.39, 0.29) is 12.3 Å². The van der Waals surface area contributed by atoms with Crippen molar-refractivity contribution in [1.29, 1.82) is 0 Å². The van der Waals surface area contributed by atoms with Crippen LogP contribution in [0, 0.1) is 17.0 Å². The number of anilines is 1. The van der Waals surface area contributed by atoms with Crippen LogP contribution in [0.4, 0.5) is 16.2 Å². The summed E-state index contributed by atoms with van der Waals surface area (Å²) in [5.41, 5.74) is 5.51. The summed E-state index contributed by atoms with van der Waals surface area (Å²) in [7, 11) is 0. The second-order valence-corrected chi connectivity index (χ2v) is 8.45. The molecule has 0 heterocycles. The minimum atomic E-state index is -0.480. The SMILES string of the molecule is Cc1cc(NC(=O)N/N=C/c2cc(Br)ccc2OCc2ccc([N+](=O)[O-])cc2)ccc1Br. The molecule has 0 saturated heterocycles. The summed E-state index contributed by atoms with van der Waals surface area (Å²) >= 11 is 6.82. The fraction of sp³-hybridized carbons (Fsp3) is 0.0909. The second kappa shape index (κ2) is 10.9. The van der Waals surface area contributed by atoms with Crippen LogP contribution in [0.1, 0.15) is 16.7 Å². The number of carbonyl (C=O) groups is 1. The molecule has 3 aromatic carbocycles. The predicted octanol–water partition coefficient (Wildman–Crippen LogP) is 6.16. The van der Waals surface area contributed by atoms with Crippen molar-refractivity contribution in [3.05, 3.63) is 96.4 Å². The van der Waals surface area contributed by atoms with Gasteiger partial charge < -0.3 is 10.1 Å². The standard InChI is InChI=1S/C22H18Br2N4O4/c1-14-10-18(5-8-20(14)24)26-22(29)27-25-12-16-11-17(23)4-9-21(16)32-13-15-2-6-19(7-3-15)28(30)31/h2-12H,13H2,1H3,(H2,26,27,29)/b25-12+. The summed E-state index contributed by atoms with van der Waals surface area (Å²) in [6, 6.07) is 16.5. The van der Waals surface area contributed by atoms with Gasteiger partial charge in [0.1, 0.15) is 12.4 Å². The first-order chi connectivity index (χ1) is 15.3. The number of nitro benzene ring substituents is 1. The third kappa shape index (κ3) is 6.63. The number of rotatable bonds is 7. The molecule has 0 saturated carbocycles. The maximum Gasteiger partial charge on any atom is 0.339 e. The molecule has 32 heavy (non-hydrogen) atoms. The van der Waals surface area contributed by atoms with Gasteiger partial charge in [0.25, 0.3) is 5.69 Å². The molecule has 0 aliphatic carbocycles. The number of nitrogens with one attached hydrogen (secondary N) is 2. The van der Waals surface area contributed by atoms with Crippen LogP contribution in [0.15, 0.2) is 74.7 Å². The quantitative estimate of drug-likeness (QED) is 0.204. The zero-order chi connectivity index (χ0) is 23.1. The molecule has 2 amide bonds. The number of hydrazone groups is 1. The zero-order valence-electron chi connectivity index (χ0n) is 16.8. The Morgan fingerprint density at radius 2 is 1.88 bits per heavy atom. The lowest BCUT2D eigenvalue weighted by Crippen LogP contribution is -2.24. The monoisotopic (exact) mass is 560 g/mol. The molecule has 0 fully saturated rings. The van der Waals surface area contributed by atoms with Crippen LogP contribution in [0.2, 0.25) is 0 Å². The number of benzene rings is 3. The molecule has 8 nitrogen and oxygen atoms in total. The first kappa shape index (κ1) is 23.4. The molecule has 3 rings (SSSR count). The summed E-state index contributed by atoms with van der Waals surface area (Å²) in [6.45, 7) is 2.15. The smallest absolute Gasteiger partial charge is 0.339 e. The van der Waals surface area contributed by atoms with E-state index in [9.17, 15) is 14.9 Å². The number of nitrogens with zero attached hydrogens (tertiary/aromatic N) is 2. The number of aryl methyl sites for hydroxylation is 1. The Morgan fingerprint density at radius 3 is 2.56 bits per heavy atom. The van der Waals surface area contributed by atoms with Crippen LogP contribution in [-0.2, 0) is 6.61 Å². The van der Waals surface area contributed by atoms with Gasteiger partial charge >= 0.3 is 6.03 Å². The Bertz CT molecular complexity index is 1170. The van der Waals surface area contributed by atoms with Gasteiger partial charge in [-0.2, -0.15) is 5.10 Å². The lowest BCUT2D eigenvalue weighted by Gasteiger charge is -2.10. The van der Waals surface area contributed by atoms with Crippen LogP contribution >= 0.6 is 31.9 Å². The normalized spacial score (nSPS) is 10.7. The largest absolute Gasteiger partial charge is 0.488 e. The summed E-state index contributed by atoms with van der Waals surface area (Å²) < 4.78 is 7.61. The van der Waals surface area contributed by atoms with E-state index in [4.69, 9.17) is 4.74 Å². The van der Waals surface area contributed by atoms with Crippen molar-refractivity contribution in [2.45, 2.75) is 13.5 Å². The van der Waals surface area contributed by atoms with Crippen LogP contribution in [0.3, 0.4) is 0 Å². The molecule has 0 bridgehead atoms. The summed E-state index contributed by atoms with van der Waals surface area (Å²) in [5, 5.41) is 17.5. The molecule has 0 atom stereocenters. The van der Waals surface area contributed by atoms with E-state index in [0.717, 1.165) is 20.1 Å². The minimum Gasteiger partial charge on any atom is -0.488 e. The fourth-order valence-corrected chi connectivity index (χ4v) is 3.29. The van der Waals surface area contributed by atoms with Crippen molar-refractivity contribution in [1.82, 2.24) is 5.43 Å². The van der Waals surface area contributed by atoms with E-state index >= 15 is 0 Å². The molecule has 0 aromatic heterocycles. The molecule has 0 radical (unpaired) electrons. The van der Waals surface area contributed by atoms with E-state index in [1.807, 2.05) is 25.1 Å². The van der Waals surface area contributed by atoms with E-state index in [1.54, 1.807) is 30.3 Å². The minimum absolute atomic E-state index is 0.0212. The highest BCUT2D eigenvalue weighted by atomic mass is 79.9. The summed E-state index contributed by atoms with van der Waals surface area (Å²) in [6.07, 6.45) is 1.47. The number of non-ortho nitro benzene ring substituents is 1. The molecule has 3 aromatic rings. The number of halogens is 2. The summed E-state index contributed by atoms with van der Waals surface area (Å²) in [5.74, 6) is 0.543. The molecule has 0 aliphatic heterocycles. The van der Waals surface area contributed by atoms with Crippen molar-refractivity contribution in [2.75, 3.05) is 5.32 Å². The lowest BCUT2D eigenvalue weighted by atomic mass is 10.2. The van der Waals surface area contributed by atoms with Gasteiger partial charge in [-0.05, 0) is 66.6 Å². The number of hydrogen-bond donors (Lipinski definition) is 2. The molecule has 164 valence electrons. The van der Waals surface area contributed by atoms with E-state index in [2.05, 4.69) is 47.7 Å². The van der Waals surface area contributed by atoms with E-state index in [1.165, 1.54) is 18.3 Å². The third-order valence-corrected chi connectivity index (χ3v) is 5.68. The van der Waals surface area contributed by atoms with Crippen molar-refractivity contribution >= 4 is 55.5 Å². The zero-order valence-corrected chi connectivity index (χ0v) is 20.0. The Morgan fingerprint density at radius 1 is 1.12 bits per heavy atom. The highest BCUT2D eigenvalue weighted by molar-refractivity contribution is 9.10. The van der Waals surface area contributed by atoms with Gasteiger partial charge in [0.05, 0.1) is 11.1 Å². The molecule has 10 heteroatoms. The number of nitro groups is 1. The Balaban J connectivity index is 1.62. The predicted molar refractivity (Wildman–Crippen MR) is 130 cm³/mol. The van der Waals surface area contributed by atoms with Gasteiger partial charge in [0.2, 0.25) is 0 Å². The number of ether oxygens (including phenoxy) is 1. The molecule has 0 aliphatic rings. The molecular weight excluding hydrogens is 544 g/mol. The molecule has 0 unspecified atom stereocenters. The Labute approximate surface area is 201 Å². The maximum atomic E-state index is 12.1. The molecule has 2 N–H and O–H groups in total. The van der Waals surface area contributed by atoms with E-state index < -0.39 is 11.0 Å². The third-order valence-electron chi connectivity index (χ3n) is 4.30. The highest BCUT2D eigenvalue weighted by Crippen LogP contribution is 2.23. The maximum absolute atomic E-state index is 12.1. The van der Waals surface area contributed by atoms with Crippen LogP contribution < -0.4 is 15.5 Å². The number of carbonyl (C=O) groups excluding carboxylic acids is 1. The van der Waals surface area contributed by atoms with Crippen LogP contribution in [-0.4, -0.2) is 17.2 Å². The number of hydrogen-bond acceptors (Lipinski definition) is 5.